The molecule has 86 valence electrons. The molecule has 0 saturated carbocycles. The number of benzene rings is 1. The number of thioether (sulfide) groups is 1. The Hall–Kier alpha value is -0.670. The second-order valence-corrected chi connectivity index (χ2v) is 5.47. The van der Waals surface area contributed by atoms with E-state index in [1.54, 1.807) is 0 Å². The lowest BCUT2D eigenvalue weighted by Crippen LogP contribution is -2.41. The van der Waals surface area contributed by atoms with Crippen LogP contribution < -0.4 is 4.90 Å². The van der Waals surface area contributed by atoms with Gasteiger partial charge in [0.1, 0.15) is 0 Å². The minimum Gasteiger partial charge on any atom is -0.365 e. The molecule has 0 spiro atoms. The Kier molecular flexibility index (Phi) is 3.77. The van der Waals surface area contributed by atoms with E-state index in [4.69, 9.17) is 11.6 Å². The molecule has 0 radical (unpaired) electrons. The third kappa shape index (κ3) is 2.20. The number of anilines is 1. The summed E-state index contributed by atoms with van der Waals surface area (Å²) in [6.45, 7) is 3.13. The molecule has 2 nitrogen and oxygen atoms in total. The van der Waals surface area contributed by atoms with Crippen molar-refractivity contribution in [2.45, 2.75) is 13.0 Å². The number of hydrogen-bond donors (Lipinski definition) is 0. The monoisotopic (exact) mass is 255 g/mol. The number of halogens is 1. The number of aldehydes is 1. The molecule has 1 heterocycles. The third-order valence-electron chi connectivity index (χ3n) is 2.80. The van der Waals surface area contributed by atoms with Crippen molar-refractivity contribution < 1.29 is 4.79 Å². The molecule has 2 rings (SSSR count). The molecule has 0 N–H and O–H groups in total. The van der Waals surface area contributed by atoms with Crippen molar-refractivity contribution in [2.24, 2.45) is 0 Å². The lowest BCUT2D eigenvalue weighted by molar-refractivity contribution is 0.112. The van der Waals surface area contributed by atoms with Crippen LogP contribution in [0.3, 0.4) is 0 Å². The van der Waals surface area contributed by atoms with Crippen LogP contribution in [-0.2, 0) is 0 Å². The van der Waals surface area contributed by atoms with Crippen molar-refractivity contribution in [3.05, 3.63) is 28.8 Å². The zero-order chi connectivity index (χ0) is 11.5. The summed E-state index contributed by atoms with van der Waals surface area (Å²) < 4.78 is 0. The van der Waals surface area contributed by atoms with Crippen LogP contribution in [0.5, 0.6) is 0 Å². The fourth-order valence-electron chi connectivity index (χ4n) is 1.99. The number of carbonyl (C=O) groups excluding carboxylic acids is 1. The van der Waals surface area contributed by atoms with Crippen LogP contribution in [-0.4, -0.2) is 30.4 Å². The van der Waals surface area contributed by atoms with Crippen molar-refractivity contribution in [1.29, 1.82) is 0 Å². The van der Waals surface area contributed by atoms with Gasteiger partial charge in [0.25, 0.3) is 0 Å². The SMILES string of the molecule is CC1CSCCN1c1c(Cl)cccc1C=O. The summed E-state index contributed by atoms with van der Waals surface area (Å²) in [5.41, 5.74) is 1.58. The van der Waals surface area contributed by atoms with Gasteiger partial charge in [0.15, 0.2) is 6.29 Å². The molecule has 0 aliphatic carbocycles. The van der Waals surface area contributed by atoms with E-state index in [1.807, 2.05) is 30.0 Å². The quantitative estimate of drug-likeness (QED) is 0.758. The molecule has 1 aromatic rings. The molecule has 1 fully saturated rings. The summed E-state index contributed by atoms with van der Waals surface area (Å²) >= 11 is 8.15. The van der Waals surface area contributed by atoms with Crippen molar-refractivity contribution in [3.63, 3.8) is 0 Å². The number of nitrogens with zero attached hydrogens (tertiary/aromatic N) is 1. The van der Waals surface area contributed by atoms with Gasteiger partial charge in [-0.2, -0.15) is 11.8 Å². The van der Waals surface area contributed by atoms with Gasteiger partial charge in [-0.15, -0.1) is 0 Å². The molecule has 1 atom stereocenters. The Morgan fingerprint density at radius 3 is 3.06 bits per heavy atom. The molecule has 1 saturated heterocycles. The van der Waals surface area contributed by atoms with E-state index in [-0.39, 0.29) is 0 Å². The van der Waals surface area contributed by atoms with Gasteiger partial charge in [-0.3, -0.25) is 4.79 Å². The van der Waals surface area contributed by atoms with E-state index < -0.39 is 0 Å². The standard InChI is InChI=1S/C12H14ClNOS/c1-9-8-16-6-5-14(9)12-10(7-15)3-2-4-11(12)13/h2-4,7,9H,5-6,8H2,1H3. The highest BCUT2D eigenvalue weighted by molar-refractivity contribution is 7.99. The van der Waals surface area contributed by atoms with Gasteiger partial charge in [0, 0.05) is 29.7 Å². The number of carbonyl (C=O) groups is 1. The van der Waals surface area contributed by atoms with Crippen LogP contribution in [0.2, 0.25) is 5.02 Å². The summed E-state index contributed by atoms with van der Waals surface area (Å²) in [5, 5.41) is 0.670. The maximum absolute atomic E-state index is 11.0. The van der Waals surface area contributed by atoms with Crippen LogP contribution in [0.4, 0.5) is 5.69 Å². The average Bonchev–Trinajstić information content (AvgIpc) is 2.30. The van der Waals surface area contributed by atoms with Crippen LogP contribution in [0.1, 0.15) is 17.3 Å². The van der Waals surface area contributed by atoms with E-state index in [2.05, 4.69) is 11.8 Å². The smallest absolute Gasteiger partial charge is 0.152 e. The van der Waals surface area contributed by atoms with E-state index in [9.17, 15) is 4.79 Å². The van der Waals surface area contributed by atoms with Crippen molar-refractivity contribution in [1.82, 2.24) is 0 Å². The summed E-state index contributed by atoms with van der Waals surface area (Å²) in [7, 11) is 0. The van der Waals surface area contributed by atoms with Crippen LogP contribution in [0, 0.1) is 0 Å². The first-order valence-electron chi connectivity index (χ1n) is 5.32. The minimum absolute atomic E-state index is 0.428. The van der Waals surface area contributed by atoms with Crippen molar-refractivity contribution in [3.8, 4) is 0 Å². The van der Waals surface area contributed by atoms with Gasteiger partial charge in [0.2, 0.25) is 0 Å². The van der Waals surface area contributed by atoms with Gasteiger partial charge >= 0.3 is 0 Å². The van der Waals surface area contributed by atoms with E-state index in [0.717, 1.165) is 30.0 Å². The molecule has 1 aliphatic heterocycles. The predicted octanol–water partition coefficient (Wildman–Crippen LogP) is 3.09. The lowest BCUT2D eigenvalue weighted by Gasteiger charge is -2.36. The molecule has 1 aromatic carbocycles. The van der Waals surface area contributed by atoms with Gasteiger partial charge in [0.05, 0.1) is 10.7 Å². The first kappa shape index (κ1) is 11.8. The fraction of sp³-hybridized carbons (Fsp3) is 0.417. The molecular weight excluding hydrogens is 242 g/mol. The third-order valence-corrected chi connectivity index (χ3v) is 4.29. The molecular formula is C12H14ClNOS. The molecule has 4 heteroatoms. The highest BCUT2D eigenvalue weighted by atomic mass is 35.5. The number of para-hydroxylation sites is 1. The second kappa shape index (κ2) is 5.11. The topological polar surface area (TPSA) is 20.3 Å². The maximum atomic E-state index is 11.0. The summed E-state index contributed by atoms with van der Waals surface area (Å²) in [5.74, 6) is 2.18. The number of hydrogen-bond acceptors (Lipinski definition) is 3. The molecule has 0 amide bonds. The Morgan fingerprint density at radius 2 is 2.38 bits per heavy atom. The van der Waals surface area contributed by atoms with Gasteiger partial charge in [-0.05, 0) is 19.1 Å². The zero-order valence-electron chi connectivity index (χ0n) is 9.15. The Bertz CT molecular complexity index is 397. The van der Waals surface area contributed by atoms with Crippen molar-refractivity contribution >= 4 is 35.3 Å². The predicted molar refractivity (Wildman–Crippen MR) is 71.0 cm³/mol. The summed E-state index contributed by atoms with van der Waals surface area (Å²) in [6.07, 6.45) is 0.885. The molecule has 0 aromatic heterocycles. The highest BCUT2D eigenvalue weighted by Crippen LogP contribution is 2.32. The minimum atomic E-state index is 0.428. The van der Waals surface area contributed by atoms with E-state index >= 15 is 0 Å². The molecule has 1 aliphatic rings. The zero-order valence-corrected chi connectivity index (χ0v) is 10.7. The first-order chi connectivity index (χ1) is 7.74. The number of rotatable bonds is 2. The van der Waals surface area contributed by atoms with Crippen LogP contribution >= 0.6 is 23.4 Å². The Balaban J connectivity index is 2.41. The molecule has 1 unspecified atom stereocenters. The fourth-order valence-corrected chi connectivity index (χ4v) is 3.29. The van der Waals surface area contributed by atoms with Gasteiger partial charge < -0.3 is 4.90 Å². The molecule has 0 bridgehead atoms. The summed E-state index contributed by atoms with van der Waals surface area (Å²) in [6, 6.07) is 5.91. The largest absolute Gasteiger partial charge is 0.365 e. The van der Waals surface area contributed by atoms with Crippen molar-refractivity contribution in [2.75, 3.05) is 23.0 Å². The Labute approximate surface area is 105 Å². The Morgan fingerprint density at radius 1 is 1.56 bits per heavy atom. The van der Waals surface area contributed by atoms with Crippen LogP contribution in [0.25, 0.3) is 0 Å². The highest BCUT2D eigenvalue weighted by Gasteiger charge is 2.22. The first-order valence-corrected chi connectivity index (χ1v) is 6.85. The average molecular weight is 256 g/mol. The lowest BCUT2D eigenvalue weighted by atomic mass is 10.1. The molecule has 16 heavy (non-hydrogen) atoms. The van der Waals surface area contributed by atoms with E-state index in [0.29, 0.717) is 16.6 Å². The van der Waals surface area contributed by atoms with Crippen LogP contribution in [0.15, 0.2) is 18.2 Å². The normalized spacial score (nSPS) is 20.9. The summed E-state index contributed by atoms with van der Waals surface area (Å²) in [4.78, 5) is 13.3. The van der Waals surface area contributed by atoms with Gasteiger partial charge in [-0.25, -0.2) is 0 Å². The van der Waals surface area contributed by atoms with Gasteiger partial charge in [-0.1, -0.05) is 17.7 Å². The second-order valence-electron chi connectivity index (χ2n) is 3.91. The van der Waals surface area contributed by atoms with E-state index in [1.165, 1.54) is 0 Å². The maximum Gasteiger partial charge on any atom is 0.152 e.